The first kappa shape index (κ1) is 19.4. The maximum absolute atomic E-state index is 6.29. The molecule has 6 heteroatoms. The topological polar surface area (TPSA) is 46.5 Å². The quantitative estimate of drug-likeness (QED) is 0.355. The Labute approximate surface area is 168 Å². The molecule has 0 saturated heterocycles. The van der Waals surface area contributed by atoms with Gasteiger partial charge in [0.2, 0.25) is 5.13 Å². The van der Waals surface area contributed by atoms with Crippen molar-refractivity contribution < 1.29 is 4.74 Å². The SMILES string of the molecule is CC(C)CCOc1ccc(C=NNc2nc(-c3ccccc3)cs2)cc1Cl. The van der Waals surface area contributed by atoms with Crippen molar-refractivity contribution >= 4 is 34.3 Å². The molecule has 0 saturated carbocycles. The van der Waals surface area contributed by atoms with Crippen LogP contribution in [0.1, 0.15) is 25.8 Å². The number of thiazole rings is 1. The highest BCUT2D eigenvalue weighted by molar-refractivity contribution is 7.14. The maximum atomic E-state index is 6.29. The molecule has 0 unspecified atom stereocenters. The molecule has 0 aliphatic heterocycles. The third-order valence-electron chi connectivity index (χ3n) is 3.86. The van der Waals surface area contributed by atoms with Gasteiger partial charge in [-0.05, 0) is 36.1 Å². The molecule has 0 bridgehead atoms. The van der Waals surface area contributed by atoms with Gasteiger partial charge in [-0.25, -0.2) is 4.98 Å². The highest BCUT2D eigenvalue weighted by Crippen LogP contribution is 2.26. The molecule has 4 nitrogen and oxygen atoms in total. The Balaban J connectivity index is 1.57. The molecule has 0 fully saturated rings. The number of ether oxygens (including phenoxy) is 1. The van der Waals surface area contributed by atoms with Gasteiger partial charge in [0, 0.05) is 10.9 Å². The summed E-state index contributed by atoms with van der Waals surface area (Å²) in [6, 6.07) is 15.7. The highest BCUT2D eigenvalue weighted by Gasteiger charge is 2.04. The molecular formula is C21H22ClN3OS. The van der Waals surface area contributed by atoms with Crippen LogP contribution in [-0.4, -0.2) is 17.8 Å². The zero-order valence-corrected chi connectivity index (χ0v) is 16.9. The number of hydrogen-bond acceptors (Lipinski definition) is 5. The molecular weight excluding hydrogens is 378 g/mol. The van der Waals surface area contributed by atoms with Crippen molar-refractivity contribution in [1.29, 1.82) is 0 Å². The molecule has 1 heterocycles. The first-order valence-electron chi connectivity index (χ1n) is 8.84. The number of hydrogen-bond donors (Lipinski definition) is 1. The summed E-state index contributed by atoms with van der Waals surface area (Å²) in [5, 5.41) is 7.58. The molecule has 1 aromatic heterocycles. The maximum Gasteiger partial charge on any atom is 0.203 e. The summed E-state index contributed by atoms with van der Waals surface area (Å²) in [6.07, 6.45) is 2.72. The number of hydrazone groups is 1. The van der Waals surface area contributed by atoms with Gasteiger partial charge in [0.25, 0.3) is 0 Å². The van der Waals surface area contributed by atoms with E-state index in [0.717, 1.165) is 28.4 Å². The van der Waals surface area contributed by atoms with Crippen LogP contribution in [0.15, 0.2) is 59.0 Å². The van der Waals surface area contributed by atoms with Gasteiger partial charge in [0.15, 0.2) is 0 Å². The van der Waals surface area contributed by atoms with E-state index in [9.17, 15) is 0 Å². The first-order chi connectivity index (χ1) is 13.1. The Morgan fingerprint density at radius 3 is 2.78 bits per heavy atom. The number of aromatic nitrogens is 1. The minimum atomic E-state index is 0.586. The van der Waals surface area contributed by atoms with Gasteiger partial charge in [0.1, 0.15) is 5.75 Å². The molecule has 27 heavy (non-hydrogen) atoms. The van der Waals surface area contributed by atoms with Crippen molar-refractivity contribution in [1.82, 2.24) is 4.98 Å². The molecule has 2 aromatic carbocycles. The smallest absolute Gasteiger partial charge is 0.203 e. The van der Waals surface area contributed by atoms with Gasteiger partial charge < -0.3 is 4.74 Å². The second-order valence-corrected chi connectivity index (χ2v) is 7.76. The number of halogens is 1. The van der Waals surface area contributed by atoms with E-state index >= 15 is 0 Å². The zero-order chi connectivity index (χ0) is 19.1. The fourth-order valence-electron chi connectivity index (χ4n) is 2.35. The number of nitrogens with one attached hydrogen (secondary N) is 1. The van der Waals surface area contributed by atoms with Crippen LogP contribution in [0.3, 0.4) is 0 Å². The molecule has 0 spiro atoms. The average molecular weight is 400 g/mol. The van der Waals surface area contributed by atoms with E-state index in [2.05, 4.69) is 29.4 Å². The molecule has 0 amide bonds. The Hall–Kier alpha value is -2.37. The minimum Gasteiger partial charge on any atom is -0.492 e. The van der Waals surface area contributed by atoms with Gasteiger partial charge in [-0.15, -0.1) is 11.3 Å². The van der Waals surface area contributed by atoms with Gasteiger partial charge in [-0.1, -0.05) is 55.8 Å². The molecule has 0 aliphatic rings. The standard InChI is InChI=1S/C21H22ClN3OS/c1-15(2)10-11-26-20-9-8-16(12-18(20)22)13-23-25-21-24-19(14-27-21)17-6-4-3-5-7-17/h3-9,12-15H,10-11H2,1-2H3,(H,24,25). The van der Waals surface area contributed by atoms with Crippen molar-refractivity contribution in [3.63, 3.8) is 0 Å². The van der Waals surface area contributed by atoms with Crippen LogP contribution in [0.2, 0.25) is 5.02 Å². The largest absolute Gasteiger partial charge is 0.492 e. The Morgan fingerprint density at radius 1 is 1.22 bits per heavy atom. The fourth-order valence-corrected chi connectivity index (χ4v) is 3.26. The Bertz CT molecular complexity index is 893. The zero-order valence-electron chi connectivity index (χ0n) is 15.4. The predicted molar refractivity (Wildman–Crippen MR) is 115 cm³/mol. The summed E-state index contributed by atoms with van der Waals surface area (Å²) in [7, 11) is 0. The van der Waals surface area contributed by atoms with E-state index in [0.29, 0.717) is 23.3 Å². The van der Waals surface area contributed by atoms with Crippen molar-refractivity contribution in [2.45, 2.75) is 20.3 Å². The van der Waals surface area contributed by atoms with Gasteiger partial charge in [-0.3, -0.25) is 5.43 Å². The monoisotopic (exact) mass is 399 g/mol. The summed E-state index contributed by atoms with van der Waals surface area (Å²) in [6.45, 7) is 5.01. The average Bonchev–Trinajstić information content (AvgIpc) is 3.13. The van der Waals surface area contributed by atoms with Crippen LogP contribution in [0.25, 0.3) is 11.3 Å². The fraction of sp³-hybridized carbons (Fsp3) is 0.238. The van der Waals surface area contributed by atoms with Gasteiger partial charge in [0.05, 0.1) is 23.5 Å². The lowest BCUT2D eigenvalue weighted by molar-refractivity contribution is 0.289. The molecule has 0 aliphatic carbocycles. The van der Waals surface area contributed by atoms with E-state index in [-0.39, 0.29) is 0 Å². The van der Waals surface area contributed by atoms with Crippen LogP contribution in [-0.2, 0) is 0 Å². The van der Waals surface area contributed by atoms with E-state index in [4.69, 9.17) is 16.3 Å². The second kappa shape index (κ2) is 9.53. The van der Waals surface area contributed by atoms with Crippen LogP contribution >= 0.6 is 22.9 Å². The van der Waals surface area contributed by atoms with E-state index in [1.807, 2.05) is 53.9 Å². The third-order valence-corrected chi connectivity index (χ3v) is 4.90. The first-order valence-corrected chi connectivity index (χ1v) is 10.1. The normalized spacial score (nSPS) is 11.3. The summed E-state index contributed by atoms with van der Waals surface area (Å²) in [5.41, 5.74) is 5.88. The van der Waals surface area contributed by atoms with Crippen LogP contribution in [0.5, 0.6) is 5.75 Å². The Morgan fingerprint density at radius 2 is 2.04 bits per heavy atom. The van der Waals surface area contributed by atoms with Crippen molar-refractivity contribution in [3.8, 4) is 17.0 Å². The highest BCUT2D eigenvalue weighted by atomic mass is 35.5. The van der Waals surface area contributed by atoms with Crippen molar-refractivity contribution in [2.24, 2.45) is 11.0 Å². The Kier molecular flexibility index (Phi) is 6.85. The van der Waals surface area contributed by atoms with Crippen LogP contribution in [0, 0.1) is 5.92 Å². The summed E-state index contributed by atoms with van der Waals surface area (Å²) >= 11 is 7.81. The second-order valence-electron chi connectivity index (χ2n) is 6.49. The van der Waals surface area contributed by atoms with Crippen molar-refractivity contribution in [3.05, 3.63) is 64.5 Å². The number of rotatable bonds is 8. The van der Waals surface area contributed by atoms with Crippen molar-refractivity contribution in [2.75, 3.05) is 12.0 Å². The van der Waals surface area contributed by atoms with Crippen LogP contribution < -0.4 is 10.2 Å². The van der Waals surface area contributed by atoms with Gasteiger partial charge in [-0.2, -0.15) is 5.10 Å². The minimum absolute atomic E-state index is 0.586. The molecule has 0 atom stereocenters. The lowest BCUT2D eigenvalue weighted by atomic mass is 10.1. The molecule has 140 valence electrons. The van der Waals surface area contributed by atoms with E-state index in [1.165, 1.54) is 11.3 Å². The lowest BCUT2D eigenvalue weighted by Crippen LogP contribution is -2.02. The number of benzene rings is 2. The van der Waals surface area contributed by atoms with E-state index in [1.54, 1.807) is 6.21 Å². The summed E-state index contributed by atoms with van der Waals surface area (Å²) in [4.78, 5) is 4.54. The summed E-state index contributed by atoms with van der Waals surface area (Å²) < 4.78 is 5.72. The van der Waals surface area contributed by atoms with E-state index < -0.39 is 0 Å². The third kappa shape index (κ3) is 5.81. The van der Waals surface area contributed by atoms with Crippen LogP contribution in [0.4, 0.5) is 5.13 Å². The molecule has 0 radical (unpaired) electrons. The molecule has 1 N–H and O–H groups in total. The summed E-state index contributed by atoms with van der Waals surface area (Å²) in [5.74, 6) is 1.31. The predicted octanol–water partition coefficient (Wildman–Crippen LogP) is 6.33. The molecule has 3 rings (SSSR count). The van der Waals surface area contributed by atoms with Gasteiger partial charge >= 0.3 is 0 Å². The number of nitrogens with zero attached hydrogens (tertiary/aromatic N) is 2. The molecule has 3 aromatic rings. The lowest BCUT2D eigenvalue weighted by Gasteiger charge is -2.09. The number of anilines is 1.